The Morgan fingerprint density at radius 3 is 1.75 bits per heavy atom. The molecule has 0 aliphatic rings. The van der Waals surface area contributed by atoms with Crippen molar-refractivity contribution in [3.05, 3.63) is 0 Å². The van der Waals surface area contributed by atoms with E-state index in [4.69, 9.17) is 9.26 Å². The fourth-order valence-corrected chi connectivity index (χ4v) is 4.87. The van der Waals surface area contributed by atoms with Crippen LogP contribution in [0.15, 0.2) is 0 Å². The smallest absolute Gasteiger partial charge is 0.324 e. The maximum absolute atomic E-state index is 12.8. The molecule has 0 aromatic rings. The Morgan fingerprint density at radius 2 is 1.39 bits per heavy atom. The second-order valence-electron chi connectivity index (χ2n) is 9.18. The van der Waals surface area contributed by atoms with Crippen LogP contribution >= 0.6 is 32.2 Å². The summed E-state index contributed by atoms with van der Waals surface area (Å²) in [7, 11) is -1.09. The Hall–Kier alpha value is 0.0200. The maximum Gasteiger partial charge on any atom is 0.499 e. The van der Waals surface area contributed by atoms with Crippen LogP contribution in [0.2, 0.25) is 0 Å². The van der Waals surface area contributed by atoms with Gasteiger partial charge in [-0.2, -0.15) is 0 Å². The zero-order valence-corrected chi connectivity index (χ0v) is 21.5. The van der Waals surface area contributed by atoms with Crippen molar-refractivity contribution in [1.82, 2.24) is 4.90 Å². The molecule has 0 spiro atoms. The number of hydrogen-bond acceptors (Lipinski definition) is 8. The molecule has 0 N–H and O–H groups in total. The molecule has 0 saturated heterocycles. The van der Waals surface area contributed by atoms with Gasteiger partial charge in [0.2, 0.25) is 5.12 Å². The fraction of sp³-hybridized carbons (Fsp3) is 0.895. The fourth-order valence-electron chi connectivity index (χ4n) is 2.33. The van der Waals surface area contributed by atoms with Crippen molar-refractivity contribution in [2.24, 2.45) is 10.8 Å². The van der Waals surface area contributed by atoms with Crippen molar-refractivity contribution in [2.75, 3.05) is 12.4 Å². The molecule has 0 aromatic heterocycles. The summed E-state index contributed by atoms with van der Waals surface area (Å²) in [5, 5.41) is -1.58. The highest BCUT2D eigenvalue weighted by Gasteiger charge is 2.50. The van der Waals surface area contributed by atoms with Gasteiger partial charge in [0.25, 0.3) is 0 Å². The predicted molar refractivity (Wildman–Crippen MR) is 120 cm³/mol. The van der Waals surface area contributed by atoms with Gasteiger partial charge in [0, 0.05) is 28.7 Å². The highest BCUT2D eigenvalue weighted by molar-refractivity contribution is 8.14. The molecule has 0 aliphatic heterocycles. The molecule has 0 radical (unpaired) electrons. The van der Waals surface area contributed by atoms with Gasteiger partial charge in [0.1, 0.15) is 0 Å². The third-order valence-corrected chi connectivity index (χ3v) is 6.87. The van der Waals surface area contributed by atoms with Crippen LogP contribution in [0.3, 0.4) is 0 Å². The van der Waals surface area contributed by atoms with E-state index in [9.17, 15) is 14.2 Å². The Labute approximate surface area is 180 Å². The van der Waals surface area contributed by atoms with Gasteiger partial charge in [-0.15, -0.1) is 0 Å². The zero-order chi connectivity index (χ0) is 22.3. The van der Waals surface area contributed by atoms with Gasteiger partial charge in [-0.1, -0.05) is 57.8 Å². The molecule has 0 bridgehead atoms. The summed E-state index contributed by atoms with van der Waals surface area (Å²) in [6, 6.07) is -0.0547. The number of nitrogens with zero attached hydrogens (tertiary/aromatic N) is 1. The van der Waals surface area contributed by atoms with Crippen LogP contribution in [0.1, 0.15) is 69.2 Å². The first kappa shape index (κ1) is 28.0. The van der Waals surface area contributed by atoms with Gasteiger partial charge in [0.15, 0.2) is 5.12 Å². The topological polar surface area (TPSA) is 72.9 Å². The lowest BCUT2D eigenvalue weighted by Crippen LogP contribution is -2.56. The average molecular weight is 455 g/mol. The van der Waals surface area contributed by atoms with Gasteiger partial charge >= 0.3 is 13.9 Å². The van der Waals surface area contributed by atoms with E-state index in [0.717, 1.165) is 11.8 Å². The highest BCUT2D eigenvalue weighted by atomic mass is 32.2. The van der Waals surface area contributed by atoms with E-state index in [1.165, 1.54) is 11.8 Å². The molecule has 0 saturated carbocycles. The molecular formula is C19H37NO5PS2+. The number of ether oxygens (including phenoxy) is 1. The summed E-state index contributed by atoms with van der Waals surface area (Å²) in [5.41, 5.74) is -1.06. The maximum atomic E-state index is 12.8. The van der Waals surface area contributed by atoms with Crippen LogP contribution in [0, 0.1) is 10.8 Å². The van der Waals surface area contributed by atoms with Gasteiger partial charge in [-0.3, -0.25) is 9.59 Å². The number of thioether (sulfide) groups is 2. The van der Waals surface area contributed by atoms with E-state index in [2.05, 4.69) is 0 Å². The van der Waals surface area contributed by atoms with Crippen LogP contribution in [-0.4, -0.2) is 44.8 Å². The summed E-state index contributed by atoms with van der Waals surface area (Å²) in [4.78, 5) is 26.8. The second-order valence-corrected chi connectivity index (χ2v) is 11.7. The SMILES string of the molecule is CC(C)N(C(C)C)C(OCCSC(=O)C(C)(C)C)(O[PH+]=O)SC(=O)C(C)(C)C. The quantitative estimate of drug-likeness (QED) is 0.250. The molecule has 164 valence electrons. The number of hydrogen-bond donors (Lipinski definition) is 0. The largest absolute Gasteiger partial charge is 0.499 e. The van der Waals surface area contributed by atoms with E-state index in [0.29, 0.717) is 5.75 Å². The normalized spacial score (nSPS) is 15.5. The van der Waals surface area contributed by atoms with Crippen LogP contribution in [0.25, 0.3) is 0 Å². The van der Waals surface area contributed by atoms with E-state index in [1.54, 1.807) is 0 Å². The third kappa shape index (κ3) is 8.80. The molecule has 0 rings (SSSR count). The van der Waals surface area contributed by atoms with Gasteiger partial charge in [-0.05, 0) is 44.0 Å². The van der Waals surface area contributed by atoms with E-state index in [-0.39, 0.29) is 28.9 Å². The lowest BCUT2D eigenvalue weighted by molar-refractivity contribution is -0.218. The first-order chi connectivity index (χ1) is 12.6. The molecule has 9 heteroatoms. The molecule has 0 heterocycles. The molecule has 0 fully saturated rings. The Kier molecular flexibility index (Phi) is 11.4. The summed E-state index contributed by atoms with van der Waals surface area (Å²) in [6.07, 6.45) is 0. The van der Waals surface area contributed by atoms with Crippen LogP contribution < -0.4 is 0 Å². The van der Waals surface area contributed by atoms with Crippen molar-refractivity contribution >= 4 is 42.4 Å². The minimum Gasteiger partial charge on any atom is -0.324 e. The molecule has 0 aliphatic carbocycles. The zero-order valence-electron chi connectivity index (χ0n) is 18.9. The average Bonchev–Trinajstić information content (AvgIpc) is 2.48. The predicted octanol–water partition coefficient (Wildman–Crippen LogP) is 5.30. The molecule has 6 nitrogen and oxygen atoms in total. The standard InChI is InChI=1S/C19H37NO5PS2/c1-13(2)20(14(3)4)19(25-26-23,28-16(22)18(8,9)10)24-11-12-27-15(21)17(5,6)7/h13-14,26H,11-12H2,1-10H3/q+1. The van der Waals surface area contributed by atoms with E-state index >= 15 is 0 Å². The lowest BCUT2D eigenvalue weighted by Gasteiger charge is -2.42. The summed E-state index contributed by atoms with van der Waals surface area (Å²) in [5.74, 6) is 0.414. The van der Waals surface area contributed by atoms with E-state index in [1.807, 2.05) is 74.1 Å². The monoisotopic (exact) mass is 454 g/mol. The van der Waals surface area contributed by atoms with Crippen molar-refractivity contribution in [3.8, 4) is 0 Å². The van der Waals surface area contributed by atoms with Crippen molar-refractivity contribution in [3.63, 3.8) is 0 Å². The molecule has 2 atom stereocenters. The summed E-state index contributed by atoms with van der Waals surface area (Å²) < 4.78 is 23.2. The number of rotatable bonds is 10. The molecule has 0 aromatic carbocycles. The van der Waals surface area contributed by atoms with Gasteiger partial charge in [-0.25, -0.2) is 4.90 Å². The highest BCUT2D eigenvalue weighted by Crippen LogP contribution is 2.42. The van der Waals surface area contributed by atoms with Crippen molar-refractivity contribution in [1.29, 1.82) is 0 Å². The molecular weight excluding hydrogens is 417 g/mol. The van der Waals surface area contributed by atoms with Gasteiger partial charge < -0.3 is 4.74 Å². The second kappa shape index (κ2) is 11.4. The van der Waals surface area contributed by atoms with Crippen molar-refractivity contribution < 1.29 is 23.4 Å². The first-order valence-electron chi connectivity index (χ1n) is 9.46. The Bertz CT molecular complexity index is 535. The van der Waals surface area contributed by atoms with Crippen LogP contribution in [0.4, 0.5) is 0 Å². The molecule has 2 unspecified atom stereocenters. The minimum atomic E-state index is -1.52. The first-order valence-corrected chi connectivity index (χ1v) is 12.1. The minimum absolute atomic E-state index is 0.0273. The number of carbonyl (C=O) groups is 2. The lowest BCUT2D eigenvalue weighted by atomic mass is 9.99. The third-order valence-electron chi connectivity index (χ3n) is 3.65. The van der Waals surface area contributed by atoms with Crippen LogP contribution in [0.5, 0.6) is 0 Å². The molecule has 0 amide bonds. The van der Waals surface area contributed by atoms with Gasteiger partial charge in [0.05, 0.1) is 6.61 Å². The summed E-state index contributed by atoms with van der Waals surface area (Å²) >= 11 is 2.10. The Balaban J connectivity index is 5.64. The number of carbonyl (C=O) groups excluding carboxylic acids is 2. The van der Waals surface area contributed by atoms with Crippen molar-refractivity contribution in [2.45, 2.75) is 86.6 Å². The molecule has 28 heavy (non-hydrogen) atoms. The Morgan fingerprint density at radius 1 is 0.929 bits per heavy atom. The summed E-state index contributed by atoms with van der Waals surface area (Å²) in [6.45, 7) is 19.1. The van der Waals surface area contributed by atoms with Crippen LogP contribution in [-0.2, 0) is 23.4 Å². The van der Waals surface area contributed by atoms with E-state index < -0.39 is 24.8 Å².